The van der Waals surface area contributed by atoms with Gasteiger partial charge in [-0.3, -0.25) is 4.90 Å². The van der Waals surface area contributed by atoms with E-state index < -0.39 is 41.2 Å². The van der Waals surface area contributed by atoms with E-state index in [0.29, 0.717) is 4.90 Å². The van der Waals surface area contributed by atoms with E-state index in [1.807, 2.05) is 0 Å². The van der Waals surface area contributed by atoms with Gasteiger partial charge in [-0.05, 0) is 14.1 Å². The molecule has 0 spiro atoms. The second kappa shape index (κ2) is 5.70. The lowest BCUT2D eigenvalue weighted by molar-refractivity contribution is -0.919. The molecule has 0 saturated heterocycles. The first-order chi connectivity index (χ1) is 8.68. The van der Waals surface area contributed by atoms with E-state index in [2.05, 4.69) is 0 Å². The van der Waals surface area contributed by atoms with Gasteiger partial charge in [-0.2, -0.15) is 8.78 Å². The molecule has 1 rings (SSSR count). The molecule has 0 aliphatic heterocycles. The van der Waals surface area contributed by atoms with Crippen LogP contribution >= 0.6 is 0 Å². The Labute approximate surface area is 107 Å². The molecule has 1 aromatic rings. The summed E-state index contributed by atoms with van der Waals surface area (Å²) < 4.78 is 70.6. The second-order valence-corrected chi connectivity index (χ2v) is 4.41. The molecule has 0 fully saturated rings. The van der Waals surface area contributed by atoms with Crippen LogP contribution in [-0.2, 0) is 0 Å². The molecule has 1 atom stereocenters. The van der Waals surface area contributed by atoms with Crippen molar-refractivity contribution in [2.24, 2.45) is 0 Å². The van der Waals surface area contributed by atoms with Gasteiger partial charge in [0.05, 0.1) is 14.1 Å². The van der Waals surface area contributed by atoms with E-state index in [0.717, 1.165) is 0 Å². The van der Waals surface area contributed by atoms with Crippen molar-refractivity contribution in [1.29, 1.82) is 0 Å². The van der Waals surface area contributed by atoms with Crippen molar-refractivity contribution in [2.45, 2.75) is 6.35 Å². The van der Waals surface area contributed by atoms with Crippen LogP contribution in [0.25, 0.3) is 0 Å². The van der Waals surface area contributed by atoms with E-state index in [9.17, 15) is 22.0 Å². The minimum absolute atomic E-state index is 0.592. The van der Waals surface area contributed by atoms with Gasteiger partial charge < -0.3 is 4.74 Å². The molecule has 1 N–H and O–H groups in total. The number of nitrogens with zero attached hydrogens (tertiary/aromatic N) is 1. The molecule has 0 amide bonds. The van der Waals surface area contributed by atoms with Gasteiger partial charge in [-0.25, -0.2) is 18.1 Å². The highest BCUT2D eigenvalue weighted by atomic mass is 19.2. The zero-order valence-electron chi connectivity index (χ0n) is 10.8. The van der Waals surface area contributed by atoms with Crippen molar-refractivity contribution in [3.63, 3.8) is 0 Å². The standard InChI is InChI=1S/C11H13F5N2O/c1-17(2)11(18(3)4)19-10-8(15)6(13)5(12)7(14)9(10)16/h11H,1-4H3/p+1. The molecular formula is C11H14F5N2O+. The maximum Gasteiger partial charge on any atom is 0.294 e. The van der Waals surface area contributed by atoms with Crippen molar-refractivity contribution in [1.82, 2.24) is 4.90 Å². The van der Waals surface area contributed by atoms with Crippen LogP contribution in [0, 0.1) is 29.1 Å². The van der Waals surface area contributed by atoms with Crippen LogP contribution in [0.3, 0.4) is 0 Å². The fraction of sp³-hybridized carbons (Fsp3) is 0.455. The molecule has 0 saturated carbocycles. The highest BCUT2D eigenvalue weighted by Gasteiger charge is 2.31. The maximum atomic E-state index is 13.4. The molecule has 0 heterocycles. The monoisotopic (exact) mass is 285 g/mol. The van der Waals surface area contributed by atoms with Gasteiger partial charge in [0.25, 0.3) is 6.35 Å². The third-order valence-corrected chi connectivity index (χ3v) is 2.36. The Morgan fingerprint density at radius 2 is 1.21 bits per heavy atom. The first-order valence-corrected chi connectivity index (χ1v) is 5.33. The number of nitrogens with one attached hydrogen (secondary N) is 1. The van der Waals surface area contributed by atoms with Crippen molar-refractivity contribution >= 4 is 0 Å². The second-order valence-electron chi connectivity index (χ2n) is 4.41. The molecule has 0 aliphatic carbocycles. The summed E-state index contributed by atoms with van der Waals surface area (Å²) in [5.74, 6) is -11.5. The lowest BCUT2D eigenvalue weighted by Crippen LogP contribution is -3.13. The average molecular weight is 285 g/mol. The summed E-state index contributed by atoms with van der Waals surface area (Å²) in [6, 6.07) is 0. The quantitative estimate of drug-likeness (QED) is 0.380. The third kappa shape index (κ3) is 2.95. The van der Waals surface area contributed by atoms with E-state index >= 15 is 0 Å². The molecule has 0 radical (unpaired) electrons. The summed E-state index contributed by atoms with van der Waals surface area (Å²) in [6.45, 7) is 0. The summed E-state index contributed by atoms with van der Waals surface area (Å²) in [4.78, 5) is 2.03. The fourth-order valence-electron chi connectivity index (χ4n) is 1.54. The topological polar surface area (TPSA) is 16.9 Å². The van der Waals surface area contributed by atoms with Crippen molar-refractivity contribution < 1.29 is 31.6 Å². The summed E-state index contributed by atoms with van der Waals surface area (Å²) >= 11 is 0. The van der Waals surface area contributed by atoms with Crippen LogP contribution in [0.2, 0.25) is 0 Å². The van der Waals surface area contributed by atoms with E-state index in [4.69, 9.17) is 4.74 Å². The Hall–Kier alpha value is -1.41. The number of rotatable bonds is 4. The van der Waals surface area contributed by atoms with Crippen LogP contribution in [0.15, 0.2) is 0 Å². The van der Waals surface area contributed by atoms with Crippen LogP contribution in [0.4, 0.5) is 22.0 Å². The molecule has 0 bridgehead atoms. The molecule has 0 aliphatic rings. The Morgan fingerprint density at radius 1 is 0.842 bits per heavy atom. The number of hydrogen-bond acceptors (Lipinski definition) is 2. The van der Waals surface area contributed by atoms with Gasteiger partial charge in [-0.15, -0.1) is 0 Å². The first kappa shape index (κ1) is 15.6. The Bertz CT molecular complexity index is 442. The number of benzene rings is 1. The molecule has 1 unspecified atom stereocenters. The van der Waals surface area contributed by atoms with Crippen LogP contribution < -0.4 is 9.64 Å². The highest BCUT2D eigenvalue weighted by molar-refractivity contribution is 5.29. The van der Waals surface area contributed by atoms with Crippen LogP contribution in [-0.4, -0.2) is 39.4 Å². The zero-order valence-corrected chi connectivity index (χ0v) is 10.8. The Balaban J connectivity index is 3.28. The largest absolute Gasteiger partial charge is 0.423 e. The molecular weight excluding hydrogens is 271 g/mol. The van der Waals surface area contributed by atoms with Crippen molar-refractivity contribution in [3.8, 4) is 5.75 Å². The predicted molar refractivity (Wildman–Crippen MR) is 57.1 cm³/mol. The maximum absolute atomic E-state index is 13.4. The third-order valence-electron chi connectivity index (χ3n) is 2.36. The normalized spacial score (nSPS) is 13.2. The summed E-state index contributed by atoms with van der Waals surface area (Å²) in [6.07, 6.45) is -0.909. The minimum Gasteiger partial charge on any atom is -0.423 e. The van der Waals surface area contributed by atoms with Gasteiger partial charge in [0.2, 0.25) is 34.8 Å². The SMILES string of the molecule is CN(C)C(Oc1c(F)c(F)c(F)c(F)c1F)[NH+](C)C. The summed E-state index contributed by atoms with van der Waals surface area (Å²) in [5, 5.41) is 0. The van der Waals surface area contributed by atoms with Crippen LogP contribution in [0.1, 0.15) is 0 Å². The Kier molecular flexibility index (Phi) is 4.70. The first-order valence-electron chi connectivity index (χ1n) is 5.33. The van der Waals surface area contributed by atoms with E-state index in [1.165, 1.54) is 4.90 Å². The molecule has 3 nitrogen and oxygen atoms in total. The molecule has 19 heavy (non-hydrogen) atoms. The van der Waals surface area contributed by atoms with Gasteiger partial charge >= 0.3 is 0 Å². The van der Waals surface area contributed by atoms with Crippen molar-refractivity contribution in [3.05, 3.63) is 29.1 Å². The van der Waals surface area contributed by atoms with Gasteiger partial charge in [-0.1, -0.05) is 0 Å². The molecule has 8 heteroatoms. The zero-order chi connectivity index (χ0) is 14.9. The molecule has 1 aromatic carbocycles. The Morgan fingerprint density at radius 3 is 1.53 bits per heavy atom. The number of halogens is 5. The predicted octanol–water partition coefficient (Wildman–Crippen LogP) is 0.751. The number of ether oxygens (including phenoxy) is 1. The van der Waals surface area contributed by atoms with Gasteiger partial charge in [0, 0.05) is 0 Å². The fourth-order valence-corrected chi connectivity index (χ4v) is 1.54. The van der Waals surface area contributed by atoms with E-state index in [-0.39, 0.29) is 0 Å². The number of quaternary nitrogens is 1. The highest BCUT2D eigenvalue weighted by Crippen LogP contribution is 2.29. The smallest absolute Gasteiger partial charge is 0.294 e. The molecule has 108 valence electrons. The van der Waals surface area contributed by atoms with Crippen molar-refractivity contribution in [2.75, 3.05) is 28.2 Å². The van der Waals surface area contributed by atoms with E-state index in [1.54, 1.807) is 28.2 Å². The number of hydrogen-bond donors (Lipinski definition) is 1. The summed E-state index contributed by atoms with van der Waals surface area (Å²) in [5.41, 5.74) is 0. The molecule has 0 aromatic heterocycles. The average Bonchev–Trinajstić information content (AvgIpc) is 2.33. The minimum atomic E-state index is -2.21. The van der Waals surface area contributed by atoms with Gasteiger partial charge in [0.1, 0.15) is 0 Å². The lowest BCUT2D eigenvalue weighted by Gasteiger charge is -2.27. The van der Waals surface area contributed by atoms with Crippen LogP contribution in [0.5, 0.6) is 5.75 Å². The lowest BCUT2D eigenvalue weighted by atomic mass is 10.2. The van der Waals surface area contributed by atoms with Gasteiger partial charge in [0.15, 0.2) is 0 Å². The summed E-state index contributed by atoms with van der Waals surface area (Å²) in [7, 11) is 6.31.